The largest absolute Gasteiger partial charge is 0.344 e. The zero-order valence-electron chi connectivity index (χ0n) is 12.9. The quantitative estimate of drug-likeness (QED) is 0.945. The van der Waals surface area contributed by atoms with Gasteiger partial charge >= 0.3 is 0 Å². The fourth-order valence-electron chi connectivity index (χ4n) is 2.77. The third kappa shape index (κ3) is 3.18. The topological polar surface area (TPSA) is 32.3 Å². The van der Waals surface area contributed by atoms with Gasteiger partial charge in [-0.2, -0.15) is 0 Å². The molecule has 114 valence electrons. The number of hydrogen-bond acceptors (Lipinski definition) is 3. The SMILES string of the molecule is CN(C)CC(=O)N[C@H]1c2ccccc2CSc2ccccc21. The van der Waals surface area contributed by atoms with Crippen LogP contribution in [0.1, 0.15) is 22.7 Å². The van der Waals surface area contributed by atoms with E-state index in [0.717, 1.165) is 5.75 Å². The van der Waals surface area contributed by atoms with E-state index in [-0.39, 0.29) is 11.9 Å². The van der Waals surface area contributed by atoms with Gasteiger partial charge in [0.25, 0.3) is 0 Å². The zero-order chi connectivity index (χ0) is 15.5. The Balaban J connectivity index is 2.00. The van der Waals surface area contributed by atoms with Crippen LogP contribution in [-0.4, -0.2) is 31.4 Å². The summed E-state index contributed by atoms with van der Waals surface area (Å²) in [5, 5.41) is 3.21. The Kier molecular flexibility index (Phi) is 4.50. The molecule has 1 amide bonds. The maximum Gasteiger partial charge on any atom is 0.234 e. The van der Waals surface area contributed by atoms with E-state index in [2.05, 4.69) is 41.7 Å². The number of thioether (sulfide) groups is 1. The molecule has 0 unspecified atom stereocenters. The summed E-state index contributed by atoms with van der Waals surface area (Å²) in [5.41, 5.74) is 3.68. The minimum Gasteiger partial charge on any atom is -0.344 e. The van der Waals surface area contributed by atoms with E-state index >= 15 is 0 Å². The molecule has 1 heterocycles. The lowest BCUT2D eigenvalue weighted by Gasteiger charge is -2.22. The Morgan fingerprint density at radius 1 is 1.14 bits per heavy atom. The molecule has 0 bridgehead atoms. The van der Waals surface area contributed by atoms with Gasteiger partial charge in [0.05, 0.1) is 12.6 Å². The Morgan fingerprint density at radius 3 is 2.59 bits per heavy atom. The monoisotopic (exact) mass is 312 g/mol. The van der Waals surface area contributed by atoms with Gasteiger partial charge in [0.2, 0.25) is 5.91 Å². The molecule has 0 saturated heterocycles. The van der Waals surface area contributed by atoms with E-state index in [1.807, 2.05) is 42.9 Å². The van der Waals surface area contributed by atoms with Crippen molar-refractivity contribution in [2.24, 2.45) is 0 Å². The highest BCUT2D eigenvalue weighted by molar-refractivity contribution is 7.98. The Labute approximate surface area is 135 Å². The van der Waals surface area contributed by atoms with E-state index in [9.17, 15) is 4.79 Å². The Morgan fingerprint density at radius 2 is 1.82 bits per heavy atom. The van der Waals surface area contributed by atoms with Crippen LogP contribution in [0.3, 0.4) is 0 Å². The van der Waals surface area contributed by atoms with E-state index in [0.29, 0.717) is 6.54 Å². The predicted octanol–water partition coefficient (Wildman–Crippen LogP) is 3.06. The molecule has 0 aromatic heterocycles. The fourth-order valence-corrected chi connectivity index (χ4v) is 3.87. The van der Waals surface area contributed by atoms with Crippen LogP contribution in [0.25, 0.3) is 0 Å². The number of hydrogen-bond donors (Lipinski definition) is 1. The highest BCUT2D eigenvalue weighted by Gasteiger charge is 2.25. The fraction of sp³-hybridized carbons (Fsp3) is 0.278. The zero-order valence-corrected chi connectivity index (χ0v) is 13.7. The first-order valence-corrected chi connectivity index (χ1v) is 8.37. The summed E-state index contributed by atoms with van der Waals surface area (Å²) in [7, 11) is 3.81. The van der Waals surface area contributed by atoms with E-state index in [1.165, 1.54) is 21.6 Å². The molecule has 22 heavy (non-hydrogen) atoms. The summed E-state index contributed by atoms with van der Waals surface area (Å²) in [6, 6.07) is 16.7. The summed E-state index contributed by atoms with van der Waals surface area (Å²) in [5.74, 6) is 0.985. The smallest absolute Gasteiger partial charge is 0.234 e. The van der Waals surface area contributed by atoms with Crippen molar-refractivity contribution in [3.63, 3.8) is 0 Å². The van der Waals surface area contributed by atoms with Crippen LogP contribution < -0.4 is 5.32 Å². The van der Waals surface area contributed by atoms with Crippen LogP contribution in [0, 0.1) is 0 Å². The lowest BCUT2D eigenvalue weighted by Crippen LogP contribution is -2.36. The number of benzene rings is 2. The average molecular weight is 312 g/mol. The van der Waals surface area contributed by atoms with Gasteiger partial charge in [-0.25, -0.2) is 0 Å². The second-order valence-electron chi connectivity index (χ2n) is 5.76. The van der Waals surface area contributed by atoms with Crippen LogP contribution in [0.2, 0.25) is 0 Å². The molecule has 1 N–H and O–H groups in total. The van der Waals surface area contributed by atoms with Gasteiger partial charge in [0.15, 0.2) is 0 Å². The average Bonchev–Trinajstić information content (AvgIpc) is 2.65. The molecule has 0 radical (unpaired) electrons. The third-order valence-corrected chi connectivity index (χ3v) is 4.88. The van der Waals surface area contributed by atoms with Crippen molar-refractivity contribution < 1.29 is 4.79 Å². The number of nitrogens with one attached hydrogen (secondary N) is 1. The van der Waals surface area contributed by atoms with Crippen molar-refractivity contribution in [2.45, 2.75) is 16.7 Å². The normalized spacial score (nSPS) is 16.6. The first kappa shape index (κ1) is 15.1. The van der Waals surface area contributed by atoms with Crippen molar-refractivity contribution in [3.8, 4) is 0 Å². The molecule has 0 fully saturated rings. The third-order valence-electron chi connectivity index (χ3n) is 3.74. The lowest BCUT2D eigenvalue weighted by molar-refractivity contribution is -0.122. The van der Waals surface area contributed by atoms with E-state index < -0.39 is 0 Å². The maximum absolute atomic E-state index is 12.3. The number of carbonyl (C=O) groups excluding carboxylic acids is 1. The standard InChI is InChI=1S/C18H20N2OS/c1-20(2)11-17(21)19-18-14-8-4-3-7-13(14)12-22-16-10-6-5-9-15(16)18/h3-10,18H,11-12H2,1-2H3,(H,19,21)/t18-/m0/s1. The highest BCUT2D eigenvalue weighted by Crippen LogP contribution is 2.39. The number of carbonyl (C=O) groups is 1. The van der Waals surface area contributed by atoms with Gasteiger partial charge in [-0.1, -0.05) is 42.5 Å². The van der Waals surface area contributed by atoms with Crippen molar-refractivity contribution >= 4 is 17.7 Å². The van der Waals surface area contributed by atoms with E-state index in [1.54, 1.807) is 0 Å². The number of amides is 1. The van der Waals surface area contributed by atoms with Crippen molar-refractivity contribution in [3.05, 3.63) is 65.2 Å². The first-order valence-electron chi connectivity index (χ1n) is 7.39. The van der Waals surface area contributed by atoms with Gasteiger partial charge in [-0.3, -0.25) is 4.79 Å². The van der Waals surface area contributed by atoms with Gasteiger partial charge in [-0.15, -0.1) is 11.8 Å². The molecule has 0 aliphatic carbocycles. The molecular formula is C18H20N2OS. The summed E-state index contributed by atoms with van der Waals surface area (Å²) >= 11 is 1.84. The van der Waals surface area contributed by atoms with Crippen molar-refractivity contribution in [2.75, 3.05) is 20.6 Å². The lowest BCUT2D eigenvalue weighted by atomic mass is 9.95. The number of likely N-dealkylation sites (N-methyl/N-ethyl adjacent to an activating group) is 1. The summed E-state index contributed by atoms with van der Waals surface area (Å²) in [6.07, 6.45) is 0. The molecule has 0 spiro atoms. The Bertz CT molecular complexity index is 637. The number of nitrogens with zero attached hydrogens (tertiary/aromatic N) is 1. The van der Waals surface area contributed by atoms with Crippen LogP contribution in [-0.2, 0) is 10.5 Å². The molecule has 1 atom stereocenters. The number of rotatable bonds is 3. The summed E-state index contributed by atoms with van der Waals surface area (Å²) in [4.78, 5) is 15.4. The molecule has 4 heteroatoms. The van der Waals surface area contributed by atoms with Crippen LogP contribution in [0.15, 0.2) is 53.4 Å². The summed E-state index contributed by atoms with van der Waals surface area (Å²) < 4.78 is 0. The van der Waals surface area contributed by atoms with Crippen molar-refractivity contribution in [1.29, 1.82) is 0 Å². The van der Waals surface area contributed by atoms with Gasteiger partial charge in [-0.05, 0) is 36.9 Å². The molecule has 2 aromatic carbocycles. The van der Waals surface area contributed by atoms with Gasteiger partial charge < -0.3 is 10.2 Å². The molecule has 1 aliphatic heterocycles. The number of fused-ring (bicyclic) bond motifs is 2. The van der Waals surface area contributed by atoms with Crippen LogP contribution in [0.5, 0.6) is 0 Å². The summed E-state index contributed by atoms with van der Waals surface area (Å²) in [6.45, 7) is 0.397. The predicted molar refractivity (Wildman–Crippen MR) is 91.0 cm³/mol. The van der Waals surface area contributed by atoms with Gasteiger partial charge in [0, 0.05) is 10.6 Å². The molecule has 0 saturated carbocycles. The van der Waals surface area contributed by atoms with E-state index in [4.69, 9.17) is 0 Å². The molecule has 3 nitrogen and oxygen atoms in total. The van der Waals surface area contributed by atoms with Crippen molar-refractivity contribution in [1.82, 2.24) is 10.2 Å². The maximum atomic E-state index is 12.3. The molecule has 2 aromatic rings. The van der Waals surface area contributed by atoms with Crippen LogP contribution >= 0.6 is 11.8 Å². The first-order chi connectivity index (χ1) is 10.6. The minimum absolute atomic E-state index is 0.0477. The minimum atomic E-state index is -0.0742. The second-order valence-corrected chi connectivity index (χ2v) is 6.78. The molecule has 1 aliphatic rings. The molecule has 3 rings (SSSR count). The van der Waals surface area contributed by atoms with Gasteiger partial charge in [0.1, 0.15) is 0 Å². The molecular weight excluding hydrogens is 292 g/mol. The Hall–Kier alpha value is -1.78. The highest BCUT2D eigenvalue weighted by atomic mass is 32.2. The second kappa shape index (κ2) is 6.55. The van der Waals surface area contributed by atoms with Crippen LogP contribution in [0.4, 0.5) is 0 Å².